The molecule has 40 heavy (non-hydrogen) atoms. The average molecular weight is 564 g/mol. The zero-order chi connectivity index (χ0) is 28.6. The van der Waals surface area contributed by atoms with Crippen LogP contribution < -0.4 is 20.1 Å². The van der Waals surface area contributed by atoms with Crippen molar-refractivity contribution in [2.45, 2.75) is 13.8 Å². The lowest BCUT2D eigenvalue weighted by Crippen LogP contribution is -2.36. The van der Waals surface area contributed by atoms with Crippen molar-refractivity contribution < 1.29 is 33.0 Å². The number of imide groups is 1. The number of ether oxygens (including phenoxy) is 2. The van der Waals surface area contributed by atoms with Gasteiger partial charge < -0.3 is 20.1 Å². The number of amides is 4. The third kappa shape index (κ3) is 7.48. The molecule has 9 nitrogen and oxygen atoms in total. The fourth-order valence-corrected chi connectivity index (χ4v) is 4.48. The first-order valence-corrected chi connectivity index (χ1v) is 13.1. The summed E-state index contributed by atoms with van der Waals surface area (Å²) in [7, 11) is 0. The molecule has 1 aliphatic rings. The summed E-state index contributed by atoms with van der Waals surface area (Å²) < 4.78 is 24.4. The average Bonchev–Trinajstić information content (AvgIpc) is 3.18. The Morgan fingerprint density at radius 3 is 2.23 bits per heavy atom. The first kappa shape index (κ1) is 28.4. The molecule has 1 saturated heterocycles. The van der Waals surface area contributed by atoms with Gasteiger partial charge in [-0.15, -0.1) is 0 Å². The molecule has 0 bridgehead atoms. The van der Waals surface area contributed by atoms with Crippen LogP contribution in [0.1, 0.15) is 18.1 Å². The highest BCUT2D eigenvalue weighted by atomic mass is 32.2. The molecule has 0 radical (unpaired) electrons. The third-order valence-electron chi connectivity index (χ3n) is 5.56. The lowest BCUT2D eigenvalue weighted by atomic mass is 10.2. The van der Waals surface area contributed by atoms with E-state index in [1.54, 1.807) is 37.3 Å². The van der Waals surface area contributed by atoms with Gasteiger partial charge in [0.25, 0.3) is 17.1 Å². The van der Waals surface area contributed by atoms with E-state index >= 15 is 0 Å². The quantitative estimate of drug-likeness (QED) is 0.325. The maximum atomic E-state index is 13.1. The Labute approximate surface area is 234 Å². The van der Waals surface area contributed by atoms with Gasteiger partial charge in [-0.2, -0.15) is 0 Å². The summed E-state index contributed by atoms with van der Waals surface area (Å²) in [5, 5.41) is 4.70. The van der Waals surface area contributed by atoms with Crippen LogP contribution in [0.2, 0.25) is 0 Å². The molecule has 1 aliphatic heterocycles. The molecule has 206 valence electrons. The van der Waals surface area contributed by atoms with E-state index in [-0.39, 0.29) is 17.4 Å². The topological polar surface area (TPSA) is 114 Å². The second-order valence-electron chi connectivity index (χ2n) is 8.66. The monoisotopic (exact) mass is 563 g/mol. The van der Waals surface area contributed by atoms with Crippen LogP contribution in [0.15, 0.2) is 71.6 Å². The van der Waals surface area contributed by atoms with E-state index in [9.17, 15) is 23.6 Å². The first-order chi connectivity index (χ1) is 19.2. The molecule has 4 amide bonds. The van der Waals surface area contributed by atoms with Crippen molar-refractivity contribution in [2.75, 3.05) is 30.4 Å². The van der Waals surface area contributed by atoms with E-state index in [1.807, 2.05) is 19.1 Å². The van der Waals surface area contributed by atoms with Crippen molar-refractivity contribution in [3.63, 3.8) is 0 Å². The van der Waals surface area contributed by atoms with E-state index in [0.717, 1.165) is 10.5 Å². The number of anilines is 2. The minimum atomic E-state index is -0.615. The molecular formula is C29H26FN3O6S. The molecule has 2 N–H and O–H groups in total. The van der Waals surface area contributed by atoms with E-state index in [4.69, 9.17) is 9.47 Å². The molecular weight excluding hydrogens is 537 g/mol. The van der Waals surface area contributed by atoms with Gasteiger partial charge in [0.15, 0.2) is 18.1 Å². The Balaban J connectivity index is 1.39. The van der Waals surface area contributed by atoms with Crippen LogP contribution in [-0.2, 0) is 14.4 Å². The van der Waals surface area contributed by atoms with Crippen molar-refractivity contribution in [3.8, 4) is 11.5 Å². The Kier molecular flexibility index (Phi) is 9.18. The molecule has 0 unspecified atom stereocenters. The number of halogens is 1. The smallest absolute Gasteiger partial charge is 0.294 e. The number of thioether (sulfide) groups is 1. The predicted molar refractivity (Wildman–Crippen MR) is 151 cm³/mol. The number of nitrogens with zero attached hydrogens (tertiary/aromatic N) is 1. The molecule has 0 saturated carbocycles. The van der Waals surface area contributed by atoms with Crippen LogP contribution in [0.25, 0.3) is 6.08 Å². The standard InChI is InChI=1S/C29H26FN3O6S/c1-3-38-24-14-19(6-13-23(24)39-17-27(35)32-21-9-4-18(2)5-10-21)15-25-28(36)33(29(37)40-25)16-26(34)31-22-11-7-20(30)8-12-22/h4-15H,3,16-17H2,1-2H3,(H,31,34)(H,32,35)/b25-15-. The normalized spacial score (nSPS) is 13.9. The molecule has 3 aromatic carbocycles. The van der Waals surface area contributed by atoms with Crippen LogP contribution in [-0.4, -0.2) is 47.6 Å². The molecule has 3 aromatic rings. The summed E-state index contributed by atoms with van der Waals surface area (Å²) in [5.41, 5.74) is 2.63. The largest absolute Gasteiger partial charge is 0.490 e. The molecule has 0 spiro atoms. The lowest BCUT2D eigenvalue weighted by molar-refractivity contribution is -0.127. The summed E-state index contributed by atoms with van der Waals surface area (Å²) in [6, 6.07) is 17.4. The molecule has 0 atom stereocenters. The van der Waals surface area contributed by atoms with Gasteiger partial charge in [0.2, 0.25) is 5.91 Å². The summed E-state index contributed by atoms with van der Waals surface area (Å²) in [5.74, 6) is -1.31. The van der Waals surface area contributed by atoms with E-state index in [2.05, 4.69) is 10.6 Å². The van der Waals surface area contributed by atoms with Gasteiger partial charge >= 0.3 is 0 Å². The van der Waals surface area contributed by atoms with Gasteiger partial charge in [-0.3, -0.25) is 24.1 Å². The molecule has 1 heterocycles. The number of aryl methyl sites for hydroxylation is 1. The fraction of sp³-hybridized carbons (Fsp3) is 0.172. The predicted octanol–water partition coefficient (Wildman–Crippen LogP) is 5.23. The zero-order valence-corrected chi connectivity index (χ0v) is 22.5. The molecule has 4 rings (SSSR count). The van der Waals surface area contributed by atoms with Gasteiger partial charge in [0, 0.05) is 11.4 Å². The summed E-state index contributed by atoms with van der Waals surface area (Å²) in [6.07, 6.45) is 1.51. The summed E-state index contributed by atoms with van der Waals surface area (Å²) in [6.45, 7) is 3.35. The summed E-state index contributed by atoms with van der Waals surface area (Å²) >= 11 is 0.710. The van der Waals surface area contributed by atoms with Gasteiger partial charge in [-0.1, -0.05) is 23.8 Å². The maximum Gasteiger partial charge on any atom is 0.294 e. The van der Waals surface area contributed by atoms with Gasteiger partial charge in [-0.05, 0) is 85.8 Å². The summed E-state index contributed by atoms with van der Waals surface area (Å²) in [4.78, 5) is 51.0. The third-order valence-corrected chi connectivity index (χ3v) is 6.47. The highest BCUT2D eigenvalue weighted by molar-refractivity contribution is 8.18. The van der Waals surface area contributed by atoms with Crippen LogP contribution in [0, 0.1) is 12.7 Å². The van der Waals surface area contributed by atoms with E-state index in [0.29, 0.717) is 46.8 Å². The number of benzene rings is 3. The Hall–Kier alpha value is -4.64. The second kappa shape index (κ2) is 12.9. The van der Waals surface area contributed by atoms with Gasteiger partial charge in [0.05, 0.1) is 11.5 Å². The highest BCUT2D eigenvalue weighted by Gasteiger charge is 2.36. The minimum absolute atomic E-state index is 0.133. The highest BCUT2D eigenvalue weighted by Crippen LogP contribution is 2.34. The number of carbonyl (C=O) groups excluding carboxylic acids is 4. The number of carbonyl (C=O) groups is 4. The minimum Gasteiger partial charge on any atom is -0.490 e. The van der Waals surface area contributed by atoms with Crippen molar-refractivity contribution >= 4 is 52.2 Å². The van der Waals surface area contributed by atoms with Crippen LogP contribution >= 0.6 is 11.8 Å². The fourth-order valence-electron chi connectivity index (χ4n) is 3.64. The zero-order valence-electron chi connectivity index (χ0n) is 21.7. The maximum absolute atomic E-state index is 13.1. The second-order valence-corrected chi connectivity index (χ2v) is 9.66. The molecule has 0 aliphatic carbocycles. The van der Waals surface area contributed by atoms with E-state index < -0.39 is 29.4 Å². The van der Waals surface area contributed by atoms with Crippen LogP contribution in [0.5, 0.6) is 11.5 Å². The van der Waals surface area contributed by atoms with Gasteiger partial charge in [-0.25, -0.2) is 4.39 Å². The number of hydrogen-bond donors (Lipinski definition) is 2. The van der Waals surface area contributed by atoms with Crippen LogP contribution in [0.4, 0.5) is 20.6 Å². The van der Waals surface area contributed by atoms with Crippen LogP contribution in [0.3, 0.4) is 0 Å². The van der Waals surface area contributed by atoms with Crippen molar-refractivity contribution in [1.29, 1.82) is 0 Å². The molecule has 1 fully saturated rings. The number of rotatable bonds is 10. The van der Waals surface area contributed by atoms with Crippen molar-refractivity contribution in [3.05, 3.63) is 88.6 Å². The van der Waals surface area contributed by atoms with Crippen molar-refractivity contribution in [1.82, 2.24) is 4.90 Å². The lowest BCUT2D eigenvalue weighted by Gasteiger charge is -2.13. The number of nitrogens with one attached hydrogen (secondary N) is 2. The van der Waals surface area contributed by atoms with Gasteiger partial charge in [0.1, 0.15) is 12.4 Å². The SMILES string of the molecule is CCOc1cc(/C=C2\SC(=O)N(CC(=O)Nc3ccc(F)cc3)C2=O)ccc1OCC(=O)Nc1ccc(C)cc1. The van der Waals surface area contributed by atoms with Crippen molar-refractivity contribution in [2.24, 2.45) is 0 Å². The Bertz CT molecular complexity index is 1460. The molecule has 0 aromatic heterocycles. The number of hydrogen-bond acceptors (Lipinski definition) is 7. The Morgan fingerprint density at radius 2 is 1.55 bits per heavy atom. The first-order valence-electron chi connectivity index (χ1n) is 12.3. The Morgan fingerprint density at radius 1 is 0.900 bits per heavy atom. The molecule has 11 heteroatoms. The van der Waals surface area contributed by atoms with E-state index in [1.165, 1.54) is 30.3 Å².